The van der Waals surface area contributed by atoms with E-state index in [9.17, 15) is 9.59 Å². The topological polar surface area (TPSA) is 93.2 Å². The van der Waals surface area contributed by atoms with Crippen molar-refractivity contribution < 1.29 is 14.3 Å². The first kappa shape index (κ1) is 18.0. The van der Waals surface area contributed by atoms with Crippen molar-refractivity contribution >= 4 is 34.0 Å². The Morgan fingerprint density at radius 1 is 1.17 bits per heavy atom. The monoisotopic (exact) mass is 348 g/mol. The van der Waals surface area contributed by atoms with Gasteiger partial charge >= 0.3 is 0 Å². The van der Waals surface area contributed by atoms with E-state index >= 15 is 0 Å². The molecule has 0 fully saturated rings. The maximum Gasteiger partial charge on any atom is 0.259 e. The molecule has 2 rings (SSSR count). The molecule has 128 valence electrons. The molecule has 0 radical (unpaired) electrons. The molecule has 8 heteroatoms. The van der Waals surface area contributed by atoms with E-state index in [1.54, 1.807) is 24.3 Å². The van der Waals surface area contributed by atoms with Crippen LogP contribution in [-0.4, -0.2) is 35.2 Å². The second-order valence-electron chi connectivity index (χ2n) is 4.85. The highest BCUT2D eigenvalue weighted by atomic mass is 32.1. The maximum absolute atomic E-state index is 12.4. The molecule has 0 aliphatic heterocycles. The Morgan fingerprint density at radius 3 is 2.67 bits per heavy atom. The van der Waals surface area contributed by atoms with Crippen molar-refractivity contribution in [2.24, 2.45) is 0 Å². The predicted molar refractivity (Wildman–Crippen MR) is 93.4 cm³/mol. The lowest BCUT2D eigenvalue weighted by Gasteiger charge is -2.10. The lowest BCUT2D eigenvalue weighted by molar-refractivity contribution is -0.117. The molecule has 2 N–H and O–H groups in total. The minimum absolute atomic E-state index is 0.201. The standard InChI is InChI=1S/C16H20N4O3S/c1-3-14-19-20-16(24-14)18-15(22)11-7-5-6-8-12(11)17-13(21)9-10-23-4-2/h5-8H,3-4,9-10H2,1-2H3,(H,17,21)(H,18,20,22). The van der Waals surface area contributed by atoms with E-state index in [4.69, 9.17) is 4.74 Å². The number of aryl methyl sites for hydroxylation is 1. The molecule has 2 aromatic rings. The summed E-state index contributed by atoms with van der Waals surface area (Å²) < 4.78 is 5.16. The zero-order valence-corrected chi connectivity index (χ0v) is 14.5. The third-order valence-electron chi connectivity index (χ3n) is 3.11. The fourth-order valence-corrected chi connectivity index (χ4v) is 2.60. The average Bonchev–Trinajstić information content (AvgIpc) is 3.03. The quantitative estimate of drug-likeness (QED) is 0.716. The van der Waals surface area contributed by atoms with Gasteiger partial charge in [0.25, 0.3) is 5.91 Å². The highest BCUT2D eigenvalue weighted by Gasteiger charge is 2.15. The third-order valence-corrected chi connectivity index (χ3v) is 4.10. The van der Waals surface area contributed by atoms with Crippen molar-refractivity contribution in [3.05, 3.63) is 34.8 Å². The molecular weight excluding hydrogens is 328 g/mol. The zero-order valence-electron chi connectivity index (χ0n) is 13.7. The molecule has 0 aliphatic carbocycles. The van der Waals surface area contributed by atoms with Crippen LogP contribution in [-0.2, 0) is 16.0 Å². The molecular formula is C16H20N4O3S. The van der Waals surface area contributed by atoms with Crippen LogP contribution in [0.1, 0.15) is 35.6 Å². The molecule has 1 aromatic heterocycles. The number of nitrogens with one attached hydrogen (secondary N) is 2. The van der Waals surface area contributed by atoms with Gasteiger partial charge in [-0.05, 0) is 25.5 Å². The van der Waals surface area contributed by atoms with Gasteiger partial charge in [0.05, 0.1) is 24.3 Å². The number of benzene rings is 1. The number of aromatic nitrogens is 2. The number of hydrogen-bond acceptors (Lipinski definition) is 6. The van der Waals surface area contributed by atoms with Gasteiger partial charge in [0.2, 0.25) is 11.0 Å². The summed E-state index contributed by atoms with van der Waals surface area (Å²) >= 11 is 1.33. The molecule has 0 spiro atoms. The van der Waals surface area contributed by atoms with Crippen molar-refractivity contribution in [2.75, 3.05) is 23.8 Å². The van der Waals surface area contributed by atoms with Gasteiger partial charge in [0.15, 0.2) is 0 Å². The van der Waals surface area contributed by atoms with E-state index in [-0.39, 0.29) is 18.2 Å². The van der Waals surface area contributed by atoms with Crippen LogP contribution < -0.4 is 10.6 Å². The molecule has 1 heterocycles. The molecule has 0 unspecified atom stereocenters. The highest BCUT2D eigenvalue weighted by molar-refractivity contribution is 7.15. The Labute approximate surface area is 144 Å². The van der Waals surface area contributed by atoms with Crippen LogP contribution in [0.2, 0.25) is 0 Å². The van der Waals surface area contributed by atoms with Crippen molar-refractivity contribution in [1.29, 1.82) is 0 Å². The van der Waals surface area contributed by atoms with Gasteiger partial charge in [-0.25, -0.2) is 0 Å². The van der Waals surface area contributed by atoms with Gasteiger partial charge in [-0.2, -0.15) is 0 Å². The summed E-state index contributed by atoms with van der Waals surface area (Å²) in [5.41, 5.74) is 0.826. The van der Waals surface area contributed by atoms with Crippen molar-refractivity contribution in [3.63, 3.8) is 0 Å². The molecule has 0 bridgehead atoms. The van der Waals surface area contributed by atoms with Crippen LogP contribution >= 0.6 is 11.3 Å². The summed E-state index contributed by atoms with van der Waals surface area (Å²) in [7, 11) is 0. The third kappa shape index (κ3) is 5.10. The van der Waals surface area contributed by atoms with Gasteiger partial charge in [0.1, 0.15) is 5.01 Å². The maximum atomic E-state index is 12.4. The summed E-state index contributed by atoms with van der Waals surface area (Å²) in [6.07, 6.45) is 1.00. The summed E-state index contributed by atoms with van der Waals surface area (Å²) in [4.78, 5) is 24.3. The fraction of sp³-hybridized carbons (Fsp3) is 0.375. The van der Waals surface area contributed by atoms with E-state index in [2.05, 4.69) is 20.8 Å². The molecule has 0 saturated heterocycles. The van der Waals surface area contributed by atoms with Gasteiger partial charge in [-0.15, -0.1) is 10.2 Å². The summed E-state index contributed by atoms with van der Waals surface area (Å²) in [5, 5.41) is 14.6. The predicted octanol–water partition coefficient (Wildman–Crippen LogP) is 2.72. The van der Waals surface area contributed by atoms with Crippen molar-refractivity contribution in [2.45, 2.75) is 26.7 Å². The number of amides is 2. The molecule has 2 amide bonds. The smallest absolute Gasteiger partial charge is 0.259 e. The van der Waals surface area contributed by atoms with Crippen LogP contribution in [0.25, 0.3) is 0 Å². The number of carbonyl (C=O) groups excluding carboxylic acids is 2. The van der Waals surface area contributed by atoms with E-state index in [1.807, 2.05) is 13.8 Å². The average molecular weight is 348 g/mol. The minimum Gasteiger partial charge on any atom is -0.381 e. The fourth-order valence-electron chi connectivity index (χ4n) is 1.92. The van der Waals surface area contributed by atoms with Gasteiger partial charge < -0.3 is 10.1 Å². The van der Waals surface area contributed by atoms with E-state index in [0.717, 1.165) is 11.4 Å². The largest absolute Gasteiger partial charge is 0.381 e. The summed E-state index contributed by atoms with van der Waals surface area (Å²) in [6, 6.07) is 6.83. The second-order valence-corrected chi connectivity index (χ2v) is 5.91. The normalized spacial score (nSPS) is 10.4. The molecule has 7 nitrogen and oxygen atoms in total. The summed E-state index contributed by atoms with van der Waals surface area (Å²) in [5.74, 6) is -0.539. The number of nitrogens with zero attached hydrogens (tertiary/aromatic N) is 2. The Kier molecular flexibility index (Phi) is 6.83. The number of para-hydroxylation sites is 1. The SMILES string of the molecule is CCOCCC(=O)Nc1ccccc1C(=O)Nc1nnc(CC)s1. The Balaban J connectivity index is 2.04. The molecule has 24 heavy (non-hydrogen) atoms. The number of anilines is 2. The Bertz CT molecular complexity index is 702. The van der Waals surface area contributed by atoms with Gasteiger partial charge in [-0.1, -0.05) is 30.4 Å². The highest BCUT2D eigenvalue weighted by Crippen LogP contribution is 2.20. The van der Waals surface area contributed by atoms with Crippen LogP contribution in [0.5, 0.6) is 0 Å². The van der Waals surface area contributed by atoms with E-state index in [1.165, 1.54) is 11.3 Å². The molecule has 0 aliphatic rings. The summed E-state index contributed by atoms with van der Waals surface area (Å²) in [6.45, 7) is 4.75. The number of rotatable bonds is 8. The lowest BCUT2D eigenvalue weighted by atomic mass is 10.1. The van der Waals surface area contributed by atoms with E-state index < -0.39 is 0 Å². The second kappa shape index (κ2) is 9.09. The lowest BCUT2D eigenvalue weighted by Crippen LogP contribution is -2.19. The van der Waals surface area contributed by atoms with Crippen molar-refractivity contribution in [3.8, 4) is 0 Å². The Morgan fingerprint density at radius 2 is 1.96 bits per heavy atom. The number of ether oxygens (including phenoxy) is 1. The number of carbonyl (C=O) groups is 2. The molecule has 0 atom stereocenters. The molecule has 0 saturated carbocycles. The van der Waals surface area contributed by atoms with Crippen molar-refractivity contribution in [1.82, 2.24) is 10.2 Å². The first-order valence-electron chi connectivity index (χ1n) is 7.74. The Hall–Kier alpha value is -2.32. The van der Waals surface area contributed by atoms with Crippen LogP contribution in [0.4, 0.5) is 10.8 Å². The van der Waals surface area contributed by atoms with Crippen LogP contribution in [0, 0.1) is 0 Å². The van der Waals surface area contributed by atoms with E-state index in [0.29, 0.717) is 29.6 Å². The van der Waals surface area contributed by atoms with Gasteiger partial charge in [-0.3, -0.25) is 14.9 Å². The first-order valence-corrected chi connectivity index (χ1v) is 8.56. The first-order chi connectivity index (χ1) is 11.6. The molecule has 1 aromatic carbocycles. The zero-order chi connectivity index (χ0) is 17.4. The number of hydrogen-bond donors (Lipinski definition) is 2. The van der Waals surface area contributed by atoms with Crippen LogP contribution in [0.3, 0.4) is 0 Å². The van der Waals surface area contributed by atoms with Gasteiger partial charge in [0, 0.05) is 6.61 Å². The van der Waals surface area contributed by atoms with Crippen LogP contribution in [0.15, 0.2) is 24.3 Å². The minimum atomic E-state index is -0.338.